The van der Waals surface area contributed by atoms with Crippen molar-refractivity contribution in [1.29, 1.82) is 0 Å². The smallest absolute Gasteiger partial charge is 0.0650 e. The van der Waals surface area contributed by atoms with Crippen LogP contribution in [0.15, 0.2) is 36.5 Å². The molecule has 1 aliphatic rings. The lowest BCUT2D eigenvalue weighted by molar-refractivity contribution is 0.254. The molecule has 1 saturated carbocycles. The SMILES string of the molecule is CC(C)C1CCCCC1Nc1ccc(-c2ccn[nH]2)cc1. The summed E-state index contributed by atoms with van der Waals surface area (Å²) >= 11 is 0. The Morgan fingerprint density at radius 2 is 1.86 bits per heavy atom. The monoisotopic (exact) mass is 283 g/mol. The standard InChI is InChI=1S/C18H25N3/c1-13(2)16-5-3-4-6-18(16)20-15-9-7-14(8-10-15)17-11-12-19-21-17/h7-13,16,18,20H,3-6H2,1-2H3,(H,19,21). The fraction of sp³-hybridized carbons (Fsp3) is 0.500. The Kier molecular flexibility index (Phi) is 4.28. The van der Waals surface area contributed by atoms with Crippen LogP contribution in [0, 0.1) is 11.8 Å². The molecule has 1 heterocycles. The van der Waals surface area contributed by atoms with Gasteiger partial charge in [-0.15, -0.1) is 0 Å². The van der Waals surface area contributed by atoms with Crippen molar-refractivity contribution < 1.29 is 0 Å². The van der Waals surface area contributed by atoms with Gasteiger partial charge in [0.2, 0.25) is 0 Å². The summed E-state index contributed by atoms with van der Waals surface area (Å²) in [5.74, 6) is 1.55. The number of anilines is 1. The van der Waals surface area contributed by atoms with Gasteiger partial charge in [-0.05, 0) is 48.4 Å². The fourth-order valence-corrected chi connectivity index (χ4v) is 3.51. The molecule has 0 radical (unpaired) electrons. The minimum absolute atomic E-state index is 0.622. The molecule has 112 valence electrons. The number of hydrogen-bond acceptors (Lipinski definition) is 2. The second kappa shape index (κ2) is 6.33. The molecule has 0 saturated heterocycles. The van der Waals surface area contributed by atoms with Crippen LogP contribution < -0.4 is 5.32 Å². The zero-order valence-electron chi connectivity index (χ0n) is 13.0. The van der Waals surface area contributed by atoms with E-state index in [1.54, 1.807) is 6.20 Å². The summed E-state index contributed by atoms with van der Waals surface area (Å²) in [5, 5.41) is 10.8. The summed E-state index contributed by atoms with van der Waals surface area (Å²) in [4.78, 5) is 0. The van der Waals surface area contributed by atoms with Gasteiger partial charge >= 0.3 is 0 Å². The summed E-state index contributed by atoms with van der Waals surface area (Å²) in [6, 6.07) is 11.3. The number of nitrogens with zero attached hydrogens (tertiary/aromatic N) is 1. The molecule has 2 unspecified atom stereocenters. The average molecular weight is 283 g/mol. The van der Waals surface area contributed by atoms with Crippen LogP contribution in [0.5, 0.6) is 0 Å². The highest BCUT2D eigenvalue weighted by Crippen LogP contribution is 2.32. The summed E-state index contributed by atoms with van der Waals surface area (Å²) in [7, 11) is 0. The third-order valence-corrected chi connectivity index (χ3v) is 4.72. The van der Waals surface area contributed by atoms with E-state index in [4.69, 9.17) is 0 Å². The highest BCUT2D eigenvalue weighted by Gasteiger charge is 2.27. The number of benzene rings is 1. The van der Waals surface area contributed by atoms with Gasteiger partial charge in [0.25, 0.3) is 0 Å². The molecular weight excluding hydrogens is 258 g/mol. The predicted molar refractivity (Wildman–Crippen MR) is 88.2 cm³/mol. The lowest BCUT2D eigenvalue weighted by Gasteiger charge is -2.35. The van der Waals surface area contributed by atoms with Gasteiger partial charge in [-0.3, -0.25) is 5.10 Å². The van der Waals surface area contributed by atoms with E-state index in [1.807, 2.05) is 6.07 Å². The minimum atomic E-state index is 0.622. The van der Waals surface area contributed by atoms with Gasteiger partial charge < -0.3 is 5.32 Å². The topological polar surface area (TPSA) is 40.7 Å². The Labute approximate surface area is 127 Å². The average Bonchev–Trinajstić information content (AvgIpc) is 3.03. The molecule has 2 atom stereocenters. The molecule has 3 nitrogen and oxygen atoms in total. The molecule has 1 aromatic heterocycles. The third-order valence-electron chi connectivity index (χ3n) is 4.72. The molecule has 3 rings (SSSR count). The number of hydrogen-bond donors (Lipinski definition) is 2. The first-order valence-corrected chi connectivity index (χ1v) is 8.10. The Balaban J connectivity index is 1.69. The lowest BCUT2D eigenvalue weighted by Crippen LogP contribution is -2.35. The van der Waals surface area contributed by atoms with E-state index in [9.17, 15) is 0 Å². The van der Waals surface area contributed by atoms with Crippen molar-refractivity contribution in [3.05, 3.63) is 36.5 Å². The third kappa shape index (κ3) is 3.29. The van der Waals surface area contributed by atoms with E-state index in [2.05, 4.69) is 53.6 Å². The molecule has 1 fully saturated rings. The van der Waals surface area contributed by atoms with Gasteiger partial charge in [0, 0.05) is 17.9 Å². The van der Waals surface area contributed by atoms with Crippen LogP contribution in [0.25, 0.3) is 11.3 Å². The fourth-order valence-electron chi connectivity index (χ4n) is 3.51. The van der Waals surface area contributed by atoms with Crippen LogP contribution in [0.2, 0.25) is 0 Å². The molecule has 2 N–H and O–H groups in total. The summed E-state index contributed by atoms with van der Waals surface area (Å²) in [6.45, 7) is 4.71. The summed E-state index contributed by atoms with van der Waals surface area (Å²) < 4.78 is 0. The minimum Gasteiger partial charge on any atom is -0.382 e. The van der Waals surface area contributed by atoms with E-state index < -0.39 is 0 Å². The van der Waals surface area contributed by atoms with Crippen molar-refractivity contribution >= 4 is 5.69 Å². The molecular formula is C18H25N3. The first-order chi connectivity index (χ1) is 10.2. The van der Waals surface area contributed by atoms with Gasteiger partial charge in [-0.1, -0.05) is 38.8 Å². The number of nitrogens with one attached hydrogen (secondary N) is 2. The maximum Gasteiger partial charge on any atom is 0.0650 e. The molecule has 1 aliphatic carbocycles. The van der Waals surface area contributed by atoms with Crippen LogP contribution in [-0.4, -0.2) is 16.2 Å². The largest absolute Gasteiger partial charge is 0.382 e. The molecule has 0 bridgehead atoms. The Hall–Kier alpha value is -1.77. The van der Waals surface area contributed by atoms with Crippen LogP contribution in [0.3, 0.4) is 0 Å². The first-order valence-electron chi connectivity index (χ1n) is 8.10. The van der Waals surface area contributed by atoms with Crippen molar-refractivity contribution in [3.8, 4) is 11.3 Å². The number of H-pyrrole nitrogens is 1. The van der Waals surface area contributed by atoms with E-state index >= 15 is 0 Å². The molecule has 0 aliphatic heterocycles. The van der Waals surface area contributed by atoms with Crippen molar-refractivity contribution in [1.82, 2.24) is 10.2 Å². The normalized spacial score (nSPS) is 22.4. The zero-order chi connectivity index (χ0) is 14.7. The first kappa shape index (κ1) is 14.2. The summed E-state index contributed by atoms with van der Waals surface area (Å²) in [6.07, 6.45) is 7.19. The number of rotatable bonds is 4. The Morgan fingerprint density at radius 3 is 2.52 bits per heavy atom. The molecule has 3 heteroatoms. The predicted octanol–water partition coefficient (Wildman–Crippen LogP) is 4.70. The number of aromatic amines is 1. The number of aromatic nitrogens is 2. The maximum absolute atomic E-state index is 4.00. The molecule has 1 aromatic carbocycles. The maximum atomic E-state index is 4.00. The van der Waals surface area contributed by atoms with Gasteiger partial charge in [-0.25, -0.2) is 0 Å². The van der Waals surface area contributed by atoms with Crippen molar-refractivity contribution in [3.63, 3.8) is 0 Å². The van der Waals surface area contributed by atoms with E-state index in [-0.39, 0.29) is 0 Å². The van der Waals surface area contributed by atoms with E-state index in [1.165, 1.54) is 36.9 Å². The van der Waals surface area contributed by atoms with Gasteiger partial charge in [0.15, 0.2) is 0 Å². The zero-order valence-corrected chi connectivity index (χ0v) is 13.0. The molecule has 0 amide bonds. The Morgan fingerprint density at radius 1 is 1.10 bits per heavy atom. The molecule has 21 heavy (non-hydrogen) atoms. The quantitative estimate of drug-likeness (QED) is 0.853. The van der Waals surface area contributed by atoms with Gasteiger partial charge in [-0.2, -0.15) is 5.10 Å². The van der Waals surface area contributed by atoms with E-state index in [0.717, 1.165) is 17.5 Å². The van der Waals surface area contributed by atoms with E-state index in [0.29, 0.717) is 6.04 Å². The van der Waals surface area contributed by atoms with Gasteiger partial charge in [0.05, 0.1) is 5.69 Å². The van der Waals surface area contributed by atoms with Crippen LogP contribution >= 0.6 is 0 Å². The van der Waals surface area contributed by atoms with Gasteiger partial charge in [0.1, 0.15) is 0 Å². The Bertz CT molecular complexity index is 542. The highest BCUT2D eigenvalue weighted by molar-refractivity contribution is 5.62. The van der Waals surface area contributed by atoms with Crippen molar-refractivity contribution in [2.45, 2.75) is 45.6 Å². The molecule has 2 aromatic rings. The van der Waals surface area contributed by atoms with Crippen molar-refractivity contribution in [2.24, 2.45) is 11.8 Å². The second-order valence-electron chi connectivity index (χ2n) is 6.49. The van der Waals surface area contributed by atoms with Crippen LogP contribution in [0.4, 0.5) is 5.69 Å². The second-order valence-corrected chi connectivity index (χ2v) is 6.49. The van der Waals surface area contributed by atoms with Crippen molar-refractivity contribution in [2.75, 3.05) is 5.32 Å². The highest BCUT2D eigenvalue weighted by atomic mass is 15.1. The summed E-state index contributed by atoms with van der Waals surface area (Å²) in [5.41, 5.74) is 3.48. The lowest BCUT2D eigenvalue weighted by atomic mass is 9.78. The molecule has 0 spiro atoms. The van der Waals surface area contributed by atoms with Crippen LogP contribution in [0.1, 0.15) is 39.5 Å². The van der Waals surface area contributed by atoms with Crippen LogP contribution in [-0.2, 0) is 0 Å².